The Bertz CT molecular complexity index is 565. The quantitative estimate of drug-likeness (QED) is 0.879. The molecule has 2 rings (SSSR count). The van der Waals surface area contributed by atoms with Crippen molar-refractivity contribution < 1.29 is 9.21 Å². The van der Waals surface area contributed by atoms with E-state index in [0.717, 1.165) is 0 Å². The van der Waals surface area contributed by atoms with E-state index in [2.05, 4.69) is 26.2 Å². The predicted octanol–water partition coefficient (Wildman–Crippen LogP) is 0.864. The Morgan fingerprint density at radius 1 is 1.58 bits per heavy atom. The Morgan fingerprint density at radius 3 is 3.00 bits per heavy atom. The number of halogens is 1. The van der Waals surface area contributed by atoms with E-state index in [9.17, 15) is 4.79 Å². The zero-order valence-electron chi connectivity index (χ0n) is 10.4. The fourth-order valence-corrected chi connectivity index (χ4v) is 1.92. The monoisotopic (exact) mass is 327 g/mol. The summed E-state index contributed by atoms with van der Waals surface area (Å²) in [6.07, 6.45) is 1.59. The summed E-state index contributed by atoms with van der Waals surface area (Å²) in [6, 6.07) is 3.59. The van der Waals surface area contributed by atoms with Crippen molar-refractivity contribution in [2.75, 3.05) is 13.6 Å². The first-order chi connectivity index (χ1) is 9.10. The van der Waals surface area contributed by atoms with Crippen LogP contribution in [0.1, 0.15) is 16.2 Å². The lowest BCUT2D eigenvalue weighted by Crippen LogP contribution is -2.26. The molecule has 0 atom stereocenters. The van der Waals surface area contributed by atoms with Gasteiger partial charge in [-0.15, -0.1) is 5.10 Å². The minimum atomic E-state index is -0.212. The van der Waals surface area contributed by atoms with Crippen molar-refractivity contribution >= 4 is 21.8 Å². The molecule has 7 nitrogen and oxygen atoms in total. The average Bonchev–Trinajstić information content (AvgIpc) is 2.98. The number of aromatic nitrogens is 3. The molecule has 0 saturated carbocycles. The van der Waals surface area contributed by atoms with E-state index in [-0.39, 0.29) is 5.91 Å². The van der Waals surface area contributed by atoms with E-state index >= 15 is 0 Å². The largest absolute Gasteiger partial charge is 0.452 e. The van der Waals surface area contributed by atoms with E-state index in [0.29, 0.717) is 35.8 Å². The highest BCUT2D eigenvalue weighted by Crippen LogP contribution is 2.15. The average molecular weight is 328 g/mol. The Hall–Kier alpha value is -1.67. The summed E-state index contributed by atoms with van der Waals surface area (Å²) in [5.74, 6) is 0.480. The lowest BCUT2D eigenvalue weighted by Gasteiger charge is -2.13. The SMILES string of the molecule is CN(Cc1ccc(Br)o1)C(=O)c1cn(CCN)nn1. The van der Waals surface area contributed by atoms with Crippen molar-refractivity contribution in [2.45, 2.75) is 13.1 Å². The van der Waals surface area contributed by atoms with Gasteiger partial charge in [0.15, 0.2) is 10.4 Å². The molecule has 2 aromatic rings. The standard InChI is InChI=1S/C11H14BrN5O2/c1-16(6-8-2-3-10(12)19-8)11(18)9-7-17(5-4-13)15-14-9/h2-3,7H,4-6,13H2,1H3. The first kappa shape index (κ1) is 13.8. The van der Waals surface area contributed by atoms with E-state index < -0.39 is 0 Å². The van der Waals surface area contributed by atoms with Gasteiger partial charge in [0, 0.05) is 13.6 Å². The lowest BCUT2D eigenvalue weighted by atomic mass is 10.3. The highest BCUT2D eigenvalue weighted by Gasteiger charge is 2.17. The Kier molecular flexibility index (Phi) is 4.33. The Morgan fingerprint density at radius 2 is 2.37 bits per heavy atom. The molecule has 0 spiro atoms. The van der Waals surface area contributed by atoms with Gasteiger partial charge in [-0.3, -0.25) is 9.48 Å². The summed E-state index contributed by atoms with van der Waals surface area (Å²) in [5, 5.41) is 7.66. The van der Waals surface area contributed by atoms with Crippen LogP contribution in [0.2, 0.25) is 0 Å². The molecule has 0 aliphatic rings. The number of carbonyl (C=O) groups excluding carboxylic acids is 1. The van der Waals surface area contributed by atoms with Crippen molar-refractivity contribution in [1.29, 1.82) is 0 Å². The van der Waals surface area contributed by atoms with Crippen LogP contribution in [0.3, 0.4) is 0 Å². The van der Waals surface area contributed by atoms with Crippen LogP contribution in [-0.4, -0.2) is 39.4 Å². The maximum atomic E-state index is 12.1. The third-order valence-electron chi connectivity index (χ3n) is 2.48. The number of rotatable bonds is 5. The molecule has 2 aromatic heterocycles. The first-order valence-electron chi connectivity index (χ1n) is 5.70. The molecule has 0 fully saturated rings. The summed E-state index contributed by atoms with van der Waals surface area (Å²) in [6.45, 7) is 1.36. The van der Waals surface area contributed by atoms with Gasteiger partial charge in [-0.1, -0.05) is 5.21 Å². The van der Waals surface area contributed by atoms with Gasteiger partial charge >= 0.3 is 0 Å². The van der Waals surface area contributed by atoms with Gasteiger partial charge in [-0.25, -0.2) is 0 Å². The van der Waals surface area contributed by atoms with Crippen LogP contribution < -0.4 is 5.73 Å². The fraction of sp³-hybridized carbons (Fsp3) is 0.364. The third kappa shape index (κ3) is 3.42. The molecule has 2 heterocycles. The summed E-state index contributed by atoms with van der Waals surface area (Å²) >= 11 is 3.22. The van der Waals surface area contributed by atoms with Gasteiger partial charge in [0.05, 0.1) is 19.3 Å². The van der Waals surface area contributed by atoms with Crippen LogP contribution in [0.15, 0.2) is 27.4 Å². The molecule has 0 aliphatic carbocycles. The second-order valence-electron chi connectivity index (χ2n) is 4.02. The summed E-state index contributed by atoms with van der Waals surface area (Å²) < 4.78 is 7.53. The number of hydrogen-bond acceptors (Lipinski definition) is 5. The summed E-state index contributed by atoms with van der Waals surface area (Å²) in [4.78, 5) is 13.6. The zero-order valence-corrected chi connectivity index (χ0v) is 12.0. The van der Waals surface area contributed by atoms with Crippen molar-refractivity contribution in [2.24, 2.45) is 5.73 Å². The van der Waals surface area contributed by atoms with E-state index in [1.54, 1.807) is 30.1 Å². The first-order valence-corrected chi connectivity index (χ1v) is 6.49. The van der Waals surface area contributed by atoms with Gasteiger partial charge < -0.3 is 15.1 Å². The zero-order chi connectivity index (χ0) is 13.8. The van der Waals surface area contributed by atoms with Crippen molar-refractivity contribution in [1.82, 2.24) is 19.9 Å². The highest BCUT2D eigenvalue weighted by molar-refractivity contribution is 9.10. The number of amides is 1. The molecular weight excluding hydrogens is 314 g/mol. The summed E-state index contributed by atoms with van der Waals surface area (Å²) in [7, 11) is 1.68. The minimum absolute atomic E-state index is 0.212. The van der Waals surface area contributed by atoms with Gasteiger partial charge in [0.2, 0.25) is 0 Å². The molecule has 0 aromatic carbocycles. The minimum Gasteiger partial charge on any atom is -0.452 e. The topological polar surface area (TPSA) is 90.2 Å². The second kappa shape index (κ2) is 5.98. The molecule has 0 bridgehead atoms. The van der Waals surface area contributed by atoms with Crippen LogP contribution >= 0.6 is 15.9 Å². The van der Waals surface area contributed by atoms with E-state index in [1.807, 2.05) is 0 Å². The predicted molar refractivity (Wildman–Crippen MR) is 71.3 cm³/mol. The van der Waals surface area contributed by atoms with Crippen LogP contribution in [-0.2, 0) is 13.1 Å². The van der Waals surface area contributed by atoms with Crippen LogP contribution in [0.5, 0.6) is 0 Å². The molecule has 8 heteroatoms. The van der Waals surface area contributed by atoms with Crippen molar-refractivity contribution in [3.63, 3.8) is 0 Å². The number of carbonyl (C=O) groups is 1. The summed E-state index contributed by atoms with van der Waals surface area (Å²) in [5.41, 5.74) is 5.70. The Labute approximate surface area is 118 Å². The van der Waals surface area contributed by atoms with Crippen LogP contribution in [0, 0.1) is 0 Å². The van der Waals surface area contributed by atoms with Gasteiger partial charge in [0.25, 0.3) is 5.91 Å². The molecule has 19 heavy (non-hydrogen) atoms. The van der Waals surface area contributed by atoms with Crippen LogP contribution in [0.25, 0.3) is 0 Å². The molecule has 0 unspecified atom stereocenters. The second-order valence-corrected chi connectivity index (χ2v) is 4.80. The molecule has 102 valence electrons. The maximum Gasteiger partial charge on any atom is 0.276 e. The smallest absolute Gasteiger partial charge is 0.276 e. The van der Waals surface area contributed by atoms with Gasteiger partial charge in [-0.05, 0) is 28.1 Å². The molecule has 1 amide bonds. The van der Waals surface area contributed by atoms with Crippen molar-refractivity contribution in [3.8, 4) is 0 Å². The van der Waals surface area contributed by atoms with Gasteiger partial charge in [0.1, 0.15) is 5.76 Å². The highest BCUT2D eigenvalue weighted by atomic mass is 79.9. The molecule has 0 aliphatic heterocycles. The normalized spacial score (nSPS) is 10.7. The maximum absolute atomic E-state index is 12.1. The van der Waals surface area contributed by atoms with Gasteiger partial charge in [-0.2, -0.15) is 0 Å². The number of furan rings is 1. The lowest BCUT2D eigenvalue weighted by molar-refractivity contribution is 0.0769. The van der Waals surface area contributed by atoms with E-state index in [1.165, 1.54) is 4.90 Å². The number of nitrogens with two attached hydrogens (primary N) is 1. The van der Waals surface area contributed by atoms with E-state index in [4.69, 9.17) is 10.2 Å². The molecule has 0 saturated heterocycles. The molecular formula is C11H14BrN5O2. The van der Waals surface area contributed by atoms with Crippen molar-refractivity contribution in [3.05, 3.63) is 34.5 Å². The third-order valence-corrected chi connectivity index (χ3v) is 2.91. The number of nitrogens with zero attached hydrogens (tertiary/aromatic N) is 4. The Balaban J connectivity index is 2.01. The van der Waals surface area contributed by atoms with Crippen LogP contribution in [0.4, 0.5) is 0 Å². The molecule has 0 radical (unpaired) electrons. The number of hydrogen-bond donors (Lipinski definition) is 1. The molecule has 2 N–H and O–H groups in total. The fourth-order valence-electron chi connectivity index (χ4n) is 1.58.